The van der Waals surface area contributed by atoms with E-state index in [2.05, 4.69) is 36.1 Å². The highest BCUT2D eigenvalue weighted by Crippen LogP contribution is 2.32. The largest absolute Gasteiger partial charge is 0.402 e. The number of nitrogen functional groups attached to an aromatic ring is 1. The Bertz CT molecular complexity index is 521. The average molecular weight is 316 g/mol. The molecule has 1 saturated heterocycles. The van der Waals surface area contributed by atoms with Crippen LogP contribution in [0, 0.1) is 0 Å². The molecular weight excluding hydrogens is 282 g/mol. The van der Waals surface area contributed by atoms with Gasteiger partial charge in [0, 0.05) is 11.4 Å². The highest BCUT2D eigenvalue weighted by atomic mass is 15.2. The molecule has 0 saturated carbocycles. The van der Waals surface area contributed by atoms with Gasteiger partial charge in [-0.2, -0.15) is 0 Å². The molecule has 0 amide bonds. The Morgan fingerprint density at radius 1 is 1.17 bits per heavy atom. The second-order valence-electron chi connectivity index (χ2n) is 5.85. The van der Waals surface area contributed by atoms with Gasteiger partial charge in [0.05, 0.1) is 6.04 Å². The van der Waals surface area contributed by atoms with E-state index in [0.717, 1.165) is 24.5 Å². The summed E-state index contributed by atoms with van der Waals surface area (Å²) in [7, 11) is 0. The van der Waals surface area contributed by atoms with E-state index in [0.29, 0.717) is 0 Å². The zero-order chi connectivity index (χ0) is 17.2. The van der Waals surface area contributed by atoms with Crippen LogP contribution in [0.15, 0.2) is 47.7 Å². The minimum absolute atomic E-state index is 0.247. The van der Waals surface area contributed by atoms with Crippen molar-refractivity contribution in [2.45, 2.75) is 53.0 Å². The van der Waals surface area contributed by atoms with Gasteiger partial charge in [0.2, 0.25) is 0 Å². The molecule has 1 heterocycles. The SMILES string of the molecule is C/C=C(\C=C(/C)N)C(c1cccc(N)c1)N1CCCCC1.CC. The monoisotopic (exact) mass is 315 g/mol. The summed E-state index contributed by atoms with van der Waals surface area (Å²) in [6.07, 6.45) is 8.11. The van der Waals surface area contributed by atoms with Crippen LogP contribution in [0.2, 0.25) is 0 Å². The van der Waals surface area contributed by atoms with E-state index in [-0.39, 0.29) is 6.04 Å². The molecule has 23 heavy (non-hydrogen) atoms. The highest BCUT2D eigenvalue weighted by molar-refractivity contribution is 5.45. The number of hydrogen-bond donors (Lipinski definition) is 2. The van der Waals surface area contributed by atoms with Crippen LogP contribution in [-0.4, -0.2) is 18.0 Å². The molecule has 0 radical (unpaired) electrons. The number of nitrogens with two attached hydrogens (primary N) is 2. The van der Waals surface area contributed by atoms with Crippen LogP contribution in [0.25, 0.3) is 0 Å². The minimum Gasteiger partial charge on any atom is -0.402 e. The van der Waals surface area contributed by atoms with Gasteiger partial charge in [0.25, 0.3) is 0 Å². The second-order valence-corrected chi connectivity index (χ2v) is 5.85. The maximum Gasteiger partial charge on any atom is 0.0599 e. The number of benzene rings is 1. The molecule has 128 valence electrons. The first-order valence-electron chi connectivity index (χ1n) is 8.81. The van der Waals surface area contributed by atoms with Crippen molar-refractivity contribution in [3.8, 4) is 0 Å². The van der Waals surface area contributed by atoms with Crippen molar-refractivity contribution in [2.75, 3.05) is 18.8 Å². The lowest BCUT2D eigenvalue weighted by Crippen LogP contribution is -2.34. The Labute approximate surface area is 142 Å². The third-order valence-corrected chi connectivity index (χ3v) is 4.03. The van der Waals surface area contributed by atoms with Crippen molar-refractivity contribution in [3.05, 3.63) is 53.3 Å². The van der Waals surface area contributed by atoms with E-state index < -0.39 is 0 Å². The van der Waals surface area contributed by atoms with E-state index >= 15 is 0 Å². The molecule has 1 aromatic rings. The Morgan fingerprint density at radius 2 is 1.83 bits per heavy atom. The summed E-state index contributed by atoms with van der Waals surface area (Å²) >= 11 is 0. The first-order valence-corrected chi connectivity index (χ1v) is 8.81. The van der Waals surface area contributed by atoms with Gasteiger partial charge < -0.3 is 11.5 Å². The highest BCUT2D eigenvalue weighted by Gasteiger charge is 2.24. The van der Waals surface area contributed by atoms with Gasteiger partial charge in [-0.25, -0.2) is 0 Å². The van der Waals surface area contributed by atoms with Crippen LogP contribution in [-0.2, 0) is 0 Å². The maximum absolute atomic E-state index is 5.99. The summed E-state index contributed by atoms with van der Waals surface area (Å²) in [6, 6.07) is 8.47. The topological polar surface area (TPSA) is 55.3 Å². The van der Waals surface area contributed by atoms with Gasteiger partial charge in [0.1, 0.15) is 0 Å². The molecule has 1 aliphatic heterocycles. The van der Waals surface area contributed by atoms with E-state index in [4.69, 9.17) is 11.5 Å². The molecule has 0 bridgehead atoms. The van der Waals surface area contributed by atoms with Crippen LogP contribution >= 0.6 is 0 Å². The molecule has 3 heteroatoms. The van der Waals surface area contributed by atoms with Crippen LogP contribution in [0.3, 0.4) is 0 Å². The number of likely N-dealkylation sites (tertiary alicyclic amines) is 1. The lowest BCUT2D eigenvalue weighted by atomic mass is 9.93. The predicted molar refractivity (Wildman–Crippen MR) is 102 cm³/mol. The fraction of sp³-hybridized carbons (Fsp3) is 0.500. The Balaban J connectivity index is 0.00000127. The number of hydrogen-bond acceptors (Lipinski definition) is 3. The smallest absolute Gasteiger partial charge is 0.0599 e. The van der Waals surface area contributed by atoms with E-state index in [1.165, 1.54) is 30.4 Å². The lowest BCUT2D eigenvalue weighted by Gasteiger charge is -2.36. The molecule has 4 N–H and O–H groups in total. The summed E-state index contributed by atoms with van der Waals surface area (Å²) in [5.74, 6) is 0. The summed E-state index contributed by atoms with van der Waals surface area (Å²) in [4.78, 5) is 2.55. The van der Waals surface area contributed by atoms with Gasteiger partial charge in [0.15, 0.2) is 0 Å². The maximum atomic E-state index is 5.99. The molecule has 1 atom stereocenters. The molecule has 0 aliphatic carbocycles. The van der Waals surface area contributed by atoms with Crippen LogP contribution < -0.4 is 11.5 Å². The zero-order valence-electron chi connectivity index (χ0n) is 15.2. The number of allylic oxidation sites excluding steroid dienone is 2. The summed E-state index contributed by atoms with van der Waals surface area (Å²) in [5, 5.41) is 0. The molecule has 0 spiro atoms. The number of anilines is 1. The Hall–Kier alpha value is -1.74. The molecule has 1 aromatic carbocycles. The first-order chi connectivity index (χ1) is 11.1. The van der Waals surface area contributed by atoms with E-state index in [1.807, 2.05) is 32.9 Å². The van der Waals surface area contributed by atoms with Crippen molar-refractivity contribution in [3.63, 3.8) is 0 Å². The van der Waals surface area contributed by atoms with Gasteiger partial charge >= 0.3 is 0 Å². The van der Waals surface area contributed by atoms with E-state index in [1.54, 1.807) is 0 Å². The van der Waals surface area contributed by atoms with Gasteiger partial charge in [-0.05, 0) is 69.1 Å². The third kappa shape index (κ3) is 5.76. The fourth-order valence-electron chi connectivity index (χ4n) is 3.10. The molecular formula is C20H33N3. The zero-order valence-corrected chi connectivity index (χ0v) is 15.2. The summed E-state index contributed by atoms with van der Waals surface area (Å²) in [6.45, 7) is 10.3. The first kappa shape index (κ1) is 19.3. The average Bonchev–Trinajstić information content (AvgIpc) is 2.57. The molecule has 1 aliphatic rings. The van der Waals surface area contributed by atoms with Crippen molar-refractivity contribution in [1.29, 1.82) is 0 Å². The Kier molecular flexibility index (Phi) is 8.49. The van der Waals surface area contributed by atoms with E-state index in [9.17, 15) is 0 Å². The predicted octanol–water partition coefficient (Wildman–Crippen LogP) is 4.63. The standard InChI is InChI=1S/C18H27N3.C2H6/c1-3-15(12-14(2)19)18(21-10-5-4-6-11-21)16-8-7-9-17(20)13-16;1-2/h3,7-9,12-13,18H,4-6,10-11,19-20H2,1-2H3;1-2H3/b14-12+,15-3+;. The Morgan fingerprint density at radius 3 is 2.35 bits per heavy atom. The fourth-order valence-corrected chi connectivity index (χ4v) is 3.10. The number of rotatable bonds is 4. The molecule has 3 nitrogen and oxygen atoms in total. The van der Waals surface area contributed by atoms with Crippen LogP contribution in [0.5, 0.6) is 0 Å². The molecule has 1 fully saturated rings. The third-order valence-electron chi connectivity index (χ3n) is 4.03. The lowest BCUT2D eigenvalue weighted by molar-refractivity contribution is 0.187. The van der Waals surface area contributed by atoms with Crippen molar-refractivity contribution in [1.82, 2.24) is 4.90 Å². The molecule has 1 unspecified atom stereocenters. The van der Waals surface area contributed by atoms with Crippen molar-refractivity contribution in [2.24, 2.45) is 5.73 Å². The van der Waals surface area contributed by atoms with Crippen molar-refractivity contribution < 1.29 is 0 Å². The van der Waals surface area contributed by atoms with Gasteiger partial charge in [-0.15, -0.1) is 0 Å². The molecule has 2 rings (SSSR count). The quantitative estimate of drug-likeness (QED) is 0.629. The summed E-state index contributed by atoms with van der Waals surface area (Å²) < 4.78 is 0. The van der Waals surface area contributed by atoms with Crippen molar-refractivity contribution >= 4 is 5.69 Å². The van der Waals surface area contributed by atoms with Gasteiger partial charge in [-0.1, -0.05) is 38.5 Å². The van der Waals surface area contributed by atoms with Gasteiger partial charge in [-0.3, -0.25) is 4.90 Å². The molecule has 0 aromatic heterocycles. The van der Waals surface area contributed by atoms with Crippen LogP contribution in [0.1, 0.15) is 58.6 Å². The normalized spacial score (nSPS) is 18.1. The number of nitrogens with zero attached hydrogens (tertiary/aromatic N) is 1. The minimum atomic E-state index is 0.247. The summed E-state index contributed by atoms with van der Waals surface area (Å²) in [5.41, 5.74) is 16.1. The number of piperidine rings is 1. The second kappa shape index (κ2) is 10.1. The van der Waals surface area contributed by atoms with Crippen LogP contribution in [0.4, 0.5) is 5.69 Å².